The Morgan fingerprint density at radius 2 is 0.911 bits per heavy atom. The van der Waals surface area contributed by atoms with E-state index < -0.39 is 0 Å². The van der Waals surface area contributed by atoms with Crippen molar-refractivity contribution in [3.8, 4) is 67.3 Å². The van der Waals surface area contributed by atoms with Crippen molar-refractivity contribution in [1.29, 1.82) is 0 Å². The topological polar surface area (TPSA) is 25.8 Å². The minimum atomic E-state index is -0.155. The van der Waals surface area contributed by atoms with Crippen LogP contribution in [0.4, 0.5) is 0 Å². The molecule has 0 bridgehead atoms. The average Bonchev–Trinajstić information content (AvgIpc) is 3.61. The lowest BCUT2D eigenvalue weighted by Gasteiger charge is -2.23. The second kappa shape index (κ2) is 11.9. The highest BCUT2D eigenvalue weighted by molar-refractivity contribution is 6.10. The van der Waals surface area contributed by atoms with Gasteiger partial charge in [-0.2, -0.15) is 0 Å². The van der Waals surface area contributed by atoms with Crippen molar-refractivity contribution in [2.24, 2.45) is 0 Å². The molecule has 56 heavy (non-hydrogen) atoms. The lowest BCUT2D eigenvalue weighted by atomic mass is 9.80. The maximum atomic E-state index is 5.40. The highest BCUT2D eigenvalue weighted by Crippen LogP contribution is 2.55. The van der Waals surface area contributed by atoms with Crippen LogP contribution >= 0.6 is 0 Å². The van der Waals surface area contributed by atoms with E-state index in [0.29, 0.717) is 0 Å². The highest BCUT2D eigenvalue weighted by Gasteiger charge is 2.39. The number of rotatable bonds is 4. The van der Waals surface area contributed by atoms with E-state index in [0.717, 1.165) is 39.5 Å². The fraction of sp³-hybridized carbons (Fsp3) is 0.111. The van der Waals surface area contributed by atoms with Crippen LogP contribution in [0.5, 0.6) is 0 Å². The van der Waals surface area contributed by atoms with Crippen molar-refractivity contribution in [3.63, 3.8) is 0 Å². The van der Waals surface area contributed by atoms with E-state index in [2.05, 4.69) is 198 Å². The molecule has 0 unspecified atom stereocenters. The van der Waals surface area contributed by atoms with Gasteiger partial charge in [-0.1, -0.05) is 173 Å². The summed E-state index contributed by atoms with van der Waals surface area (Å²) in [7, 11) is 0. The van der Waals surface area contributed by atoms with Gasteiger partial charge >= 0.3 is 0 Å². The minimum absolute atomic E-state index is 0.134. The molecule has 0 amide bonds. The second-order valence-electron chi connectivity index (χ2n) is 16.5. The molecule has 1 heterocycles. The standard InChI is InChI=1S/C54H40N2/c1-53(2)44-27-15-14-25-40(44)50-39-24-13-11-22-37(39)42(31-47(50)53)36-21-10-12-23-38(36)48-32-49(56-52(55-48)33-17-6-5-7-18-33)41-26-16-28-45-51(41)43-29-34-19-8-9-20-35(34)30-46(43)54(45,3)4/h5-32H,1-4H3. The SMILES string of the molecule is CC1(C)c2cc3ccccc3cc2-c2c(-c3cc(-c4ccccc4-c4cc5c(c6ccccc46)-c4ccccc4C5(C)C)nc(-c4ccccc4)n3)cccc21. The fourth-order valence-electron chi connectivity index (χ4n) is 9.84. The molecule has 0 saturated heterocycles. The molecule has 8 aromatic carbocycles. The quantitative estimate of drug-likeness (QED) is 0.181. The van der Waals surface area contributed by atoms with Crippen LogP contribution in [0.15, 0.2) is 170 Å². The Bertz CT molecular complexity index is 3080. The summed E-state index contributed by atoms with van der Waals surface area (Å²) in [5.74, 6) is 0.719. The first-order chi connectivity index (χ1) is 27.3. The number of hydrogen-bond donors (Lipinski definition) is 0. The molecule has 2 aliphatic rings. The summed E-state index contributed by atoms with van der Waals surface area (Å²) >= 11 is 0. The van der Waals surface area contributed by atoms with Gasteiger partial charge in [0.2, 0.25) is 0 Å². The van der Waals surface area contributed by atoms with E-state index in [9.17, 15) is 0 Å². The monoisotopic (exact) mass is 716 g/mol. The summed E-state index contributed by atoms with van der Waals surface area (Å²) in [6, 6.07) is 62.0. The first kappa shape index (κ1) is 32.8. The third-order valence-electron chi connectivity index (χ3n) is 12.7. The largest absolute Gasteiger partial charge is 0.228 e. The maximum Gasteiger partial charge on any atom is 0.160 e. The Morgan fingerprint density at radius 1 is 0.339 bits per heavy atom. The molecule has 2 nitrogen and oxygen atoms in total. The lowest BCUT2D eigenvalue weighted by molar-refractivity contribution is 0.661. The van der Waals surface area contributed by atoms with E-state index in [4.69, 9.17) is 9.97 Å². The van der Waals surface area contributed by atoms with Gasteiger partial charge in [-0.25, -0.2) is 9.97 Å². The molecule has 11 rings (SSSR count). The maximum absolute atomic E-state index is 5.40. The third kappa shape index (κ3) is 4.69. The van der Waals surface area contributed by atoms with Crippen LogP contribution in [0.1, 0.15) is 49.9 Å². The van der Waals surface area contributed by atoms with Crippen LogP contribution in [0.2, 0.25) is 0 Å². The van der Waals surface area contributed by atoms with Crippen LogP contribution in [0.3, 0.4) is 0 Å². The van der Waals surface area contributed by atoms with E-state index in [1.165, 1.54) is 71.6 Å². The predicted molar refractivity (Wildman–Crippen MR) is 234 cm³/mol. The smallest absolute Gasteiger partial charge is 0.160 e. The Labute approximate surface area is 328 Å². The predicted octanol–water partition coefficient (Wildman–Crippen LogP) is 14.1. The van der Waals surface area contributed by atoms with Gasteiger partial charge < -0.3 is 0 Å². The first-order valence-electron chi connectivity index (χ1n) is 19.7. The summed E-state index contributed by atoms with van der Waals surface area (Å²) in [5.41, 5.74) is 17.8. The molecule has 0 saturated carbocycles. The molecular formula is C54H40N2. The molecule has 266 valence electrons. The van der Waals surface area contributed by atoms with Crippen molar-refractivity contribution >= 4 is 21.5 Å². The van der Waals surface area contributed by atoms with E-state index in [1.54, 1.807) is 0 Å². The Kier molecular flexibility index (Phi) is 6.98. The highest BCUT2D eigenvalue weighted by atomic mass is 14.9. The van der Waals surface area contributed by atoms with Crippen molar-refractivity contribution < 1.29 is 0 Å². The number of fused-ring (bicyclic) bond motifs is 9. The molecule has 0 N–H and O–H groups in total. The first-order valence-corrected chi connectivity index (χ1v) is 19.7. The summed E-state index contributed by atoms with van der Waals surface area (Å²) < 4.78 is 0. The van der Waals surface area contributed by atoms with Gasteiger partial charge in [-0.15, -0.1) is 0 Å². The summed E-state index contributed by atoms with van der Waals surface area (Å²) in [4.78, 5) is 10.8. The number of benzene rings is 8. The molecule has 2 heteroatoms. The van der Waals surface area contributed by atoms with Crippen LogP contribution in [0, 0.1) is 0 Å². The minimum Gasteiger partial charge on any atom is -0.228 e. The average molecular weight is 717 g/mol. The Hall–Kier alpha value is -6.64. The second-order valence-corrected chi connectivity index (χ2v) is 16.5. The zero-order valence-electron chi connectivity index (χ0n) is 32.1. The van der Waals surface area contributed by atoms with Gasteiger partial charge in [0, 0.05) is 27.5 Å². The molecule has 0 fully saturated rings. The van der Waals surface area contributed by atoms with Gasteiger partial charge in [-0.05, 0) is 101 Å². The van der Waals surface area contributed by atoms with Crippen LogP contribution in [-0.2, 0) is 10.8 Å². The van der Waals surface area contributed by atoms with Crippen LogP contribution in [0.25, 0.3) is 88.8 Å². The zero-order chi connectivity index (χ0) is 37.8. The van der Waals surface area contributed by atoms with Crippen LogP contribution < -0.4 is 0 Å². The Morgan fingerprint density at radius 3 is 1.70 bits per heavy atom. The van der Waals surface area contributed by atoms with Gasteiger partial charge in [-0.3, -0.25) is 0 Å². The van der Waals surface area contributed by atoms with Gasteiger partial charge in [0.1, 0.15) is 0 Å². The van der Waals surface area contributed by atoms with Crippen LogP contribution in [-0.4, -0.2) is 9.97 Å². The van der Waals surface area contributed by atoms with Crippen molar-refractivity contribution in [2.75, 3.05) is 0 Å². The normalized spacial score (nSPS) is 14.4. The number of aromatic nitrogens is 2. The van der Waals surface area contributed by atoms with E-state index in [1.807, 2.05) is 0 Å². The zero-order valence-corrected chi connectivity index (χ0v) is 32.1. The molecule has 9 aromatic rings. The summed E-state index contributed by atoms with van der Waals surface area (Å²) in [5, 5.41) is 5.05. The lowest BCUT2D eigenvalue weighted by Crippen LogP contribution is -2.15. The molecule has 0 spiro atoms. The van der Waals surface area contributed by atoms with Gasteiger partial charge in [0.05, 0.1) is 11.4 Å². The molecule has 0 radical (unpaired) electrons. The van der Waals surface area contributed by atoms with Gasteiger partial charge in [0.15, 0.2) is 5.82 Å². The Balaban J connectivity index is 1.16. The van der Waals surface area contributed by atoms with Crippen molar-refractivity contribution in [2.45, 2.75) is 38.5 Å². The van der Waals surface area contributed by atoms with E-state index in [-0.39, 0.29) is 10.8 Å². The number of hydrogen-bond acceptors (Lipinski definition) is 2. The molecule has 2 aliphatic carbocycles. The fourth-order valence-corrected chi connectivity index (χ4v) is 9.84. The summed E-state index contributed by atoms with van der Waals surface area (Å²) in [6.45, 7) is 9.44. The molecule has 1 aromatic heterocycles. The molecule has 0 aliphatic heterocycles. The summed E-state index contributed by atoms with van der Waals surface area (Å²) in [6.07, 6.45) is 0. The third-order valence-corrected chi connectivity index (χ3v) is 12.7. The van der Waals surface area contributed by atoms with Crippen molar-refractivity contribution in [3.05, 3.63) is 192 Å². The molecule has 0 atom stereocenters. The van der Waals surface area contributed by atoms with E-state index >= 15 is 0 Å². The number of nitrogens with zero attached hydrogens (tertiary/aromatic N) is 2. The van der Waals surface area contributed by atoms with Crippen molar-refractivity contribution in [1.82, 2.24) is 9.97 Å². The van der Waals surface area contributed by atoms with Gasteiger partial charge in [0.25, 0.3) is 0 Å². The molecular weight excluding hydrogens is 677 g/mol.